The summed E-state index contributed by atoms with van der Waals surface area (Å²) in [4.78, 5) is 24.1. The number of hydrogen-bond donors (Lipinski definition) is 2. The number of piperidine rings is 1. The number of furan rings is 1. The van der Waals surface area contributed by atoms with Gasteiger partial charge >= 0.3 is 5.69 Å². The van der Waals surface area contributed by atoms with Gasteiger partial charge in [0.1, 0.15) is 18.1 Å². The highest BCUT2D eigenvalue weighted by Gasteiger charge is 2.23. The van der Waals surface area contributed by atoms with Crippen LogP contribution < -0.4 is 16.3 Å². The molecule has 0 aliphatic carbocycles. The highest BCUT2D eigenvalue weighted by atomic mass is 35.5. The van der Waals surface area contributed by atoms with E-state index in [1.807, 2.05) is 6.92 Å². The van der Waals surface area contributed by atoms with Gasteiger partial charge in [-0.25, -0.2) is 9.48 Å². The third-order valence-corrected chi connectivity index (χ3v) is 4.35. The Morgan fingerprint density at radius 1 is 1.48 bits per heavy atom. The Hall–Kier alpha value is -2.06. The molecule has 0 bridgehead atoms. The molecule has 1 fully saturated rings. The number of carbonyl (C=O) groups excluding carboxylic acids is 1. The Labute approximate surface area is 152 Å². The van der Waals surface area contributed by atoms with Gasteiger partial charge in [0.05, 0.1) is 0 Å². The van der Waals surface area contributed by atoms with E-state index in [1.165, 1.54) is 4.68 Å². The van der Waals surface area contributed by atoms with E-state index in [-0.39, 0.29) is 42.2 Å². The van der Waals surface area contributed by atoms with E-state index in [4.69, 9.17) is 4.42 Å². The molecule has 2 aromatic rings. The Kier molecular flexibility index (Phi) is 6.44. The lowest BCUT2D eigenvalue weighted by atomic mass is 9.99. The summed E-state index contributed by atoms with van der Waals surface area (Å²) in [6.45, 7) is 4.62. The van der Waals surface area contributed by atoms with Crippen molar-refractivity contribution in [1.82, 2.24) is 25.0 Å². The summed E-state index contributed by atoms with van der Waals surface area (Å²) < 4.78 is 8.63. The average molecular weight is 370 g/mol. The molecule has 1 atom stereocenters. The first-order valence-electron chi connectivity index (χ1n) is 8.33. The fraction of sp³-hybridized carbons (Fsp3) is 0.562. The van der Waals surface area contributed by atoms with Gasteiger partial charge in [-0.3, -0.25) is 9.36 Å². The smallest absolute Gasteiger partial charge is 0.346 e. The molecule has 0 spiro atoms. The average Bonchev–Trinajstić information content (AvgIpc) is 3.20. The van der Waals surface area contributed by atoms with Crippen molar-refractivity contribution in [2.45, 2.75) is 38.8 Å². The molecule has 9 heteroatoms. The molecule has 1 amide bonds. The molecular weight excluding hydrogens is 346 g/mol. The summed E-state index contributed by atoms with van der Waals surface area (Å²) in [5.74, 6) is 1.55. The number of hydrogen-bond acceptors (Lipinski definition) is 5. The van der Waals surface area contributed by atoms with E-state index < -0.39 is 0 Å². The summed E-state index contributed by atoms with van der Waals surface area (Å²) in [7, 11) is 1.54. The number of nitrogens with zero attached hydrogens (tertiary/aromatic N) is 3. The van der Waals surface area contributed by atoms with Crippen molar-refractivity contribution >= 4 is 18.3 Å². The lowest BCUT2D eigenvalue weighted by molar-refractivity contribution is 0.0933. The molecule has 0 saturated carbocycles. The van der Waals surface area contributed by atoms with E-state index in [0.29, 0.717) is 12.3 Å². The Bertz CT molecular complexity index is 773. The van der Waals surface area contributed by atoms with Gasteiger partial charge in [-0.05, 0) is 38.4 Å². The molecule has 138 valence electrons. The highest BCUT2D eigenvalue weighted by molar-refractivity contribution is 5.91. The van der Waals surface area contributed by atoms with Crippen LogP contribution in [-0.4, -0.2) is 40.4 Å². The van der Waals surface area contributed by atoms with Crippen LogP contribution in [0.1, 0.15) is 47.8 Å². The van der Waals surface area contributed by atoms with Crippen molar-refractivity contribution in [3.05, 3.63) is 40.0 Å². The van der Waals surface area contributed by atoms with Crippen LogP contribution in [0.2, 0.25) is 0 Å². The van der Waals surface area contributed by atoms with Crippen molar-refractivity contribution in [2.75, 3.05) is 20.1 Å². The second-order valence-electron chi connectivity index (χ2n) is 5.93. The summed E-state index contributed by atoms with van der Waals surface area (Å²) in [5, 5.41) is 10.4. The summed E-state index contributed by atoms with van der Waals surface area (Å²) >= 11 is 0. The molecule has 0 aromatic carbocycles. The number of halogens is 1. The van der Waals surface area contributed by atoms with Gasteiger partial charge < -0.3 is 15.1 Å². The molecular formula is C16H24ClN5O3. The molecule has 25 heavy (non-hydrogen) atoms. The highest BCUT2D eigenvalue weighted by Crippen LogP contribution is 2.20. The van der Waals surface area contributed by atoms with E-state index in [1.54, 1.807) is 23.7 Å². The maximum absolute atomic E-state index is 12.6. The lowest BCUT2D eigenvalue weighted by Gasteiger charge is -2.21. The molecule has 2 aromatic heterocycles. The van der Waals surface area contributed by atoms with Crippen LogP contribution in [0.3, 0.4) is 0 Å². The van der Waals surface area contributed by atoms with Gasteiger partial charge in [-0.2, -0.15) is 5.10 Å². The maximum atomic E-state index is 12.6. The van der Waals surface area contributed by atoms with Crippen LogP contribution in [-0.2, 0) is 13.1 Å². The molecule has 1 unspecified atom stereocenters. The molecule has 1 saturated heterocycles. The number of nitrogens with one attached hydrogen (secondary N) is 2. The molecule has 1 aliphatic heterocycles. The lowest BCUT2D eigenvalue weighted by Crippen LogP contribution is -2.31. The zero-order valence-corrected chi connectivity index (χ0v) is 15.3. The standard InChI is InChI=1S/C16H23N5O3.ClH/c1-3-20-14(11-5-4-8-18-9-11)19-21(16(20)23)10-12-6-7-13(24-12)15(22)17-2;/h6-7,11,18H,3-5,8-10H2,1-2H3,(H,17,22);1H. The fourth-order valence-corrected chi connectivity index (χ4v) is 3.09. The van der Waals surface area contributed by atoms with Crippen molar-refractivity contribution in [3.8, 4) is 0 Å². The third-order valence-electron chi connectivity index (χ3n) is 4.35. The van der Waals surface area contributed by atoms with Crippen LogP contribution in [0.15, 0.2) is 21.3 Å². The van der Waals surface area contributed by atoms with Gasteiger partial charge in [0.2, 0.25) is 0 Å². The predicted octanol–water partition coefficient (Wildman–Crippen LogP) is 0.954. The number of aromatic nitrogens is 3. The molecule has 8 nitrogen and oxygen atoms in total. The van der Waals surface area contributed by atoms with Gasteiger partial charge in [0.15, 0.2) is 5.76 Å². The fourth-order valence-electron chi connectivity index (χ4n) is 3.09. The number of carbonyl (C=O) groups is 1. The van der Waals surface area contributed by atoms with Crippen molar-refractivity contribution in [1.29, 1.82) is 0 Å². The van der Waals surface area contributed by atoms with Crippen LogP contribution >= 0.6 is 12.4 Å². The van der Waals surface area contributed by atoms with E-state index in [2.05, 4.69) is 15.7 Å². The van der Waals surface area contributed by atoms with Gasteiger partial charge in [-0.15, -0.1) is 12.4 Å². The van der Waals surface area contributed by atoms with Gasteiger partial charge in [0.25, 0.3) is 5.91 Å². The number of amides is 1. The molecule has 3 rings (SSSR count). The largest absolute Gasteiger partial charge is 0.454 e. The van der Waals surface area contributed by atoms with Crippen LogP contribution in [0.4, 0.5) is 0 Å². The van der Waals surface area contributed by atoms with Crippen LogP contribution in [0.25, 0.3) is 0 Å². The molecule has 2 N–H and O–H groups in total. The summed E-state index contributed by atoms with van der Waals surface area (Å²) in [5.41, 5.74) is -0.143. The second-order valence-corrected chi connectivity index (χ2v) is 5.93. The Balaban J connectivity index is 0.00000225. The van der Waals surface area contributed by atoms with E-state index >= 15 is 0 Å². The zero-order valence-electron chi connectivity index (χ0n) is 14.4. The molecule has 1 aliphatic rings. The zero-order chi connectivity index (χ0) is 17.1. The third kappa shape index (κ3) is 3.96. The second kappa shape index (κ2) is 8.35. The topological polar surface area (TPSA) is 94.1 Å². The SMILES string of the molecule is CCn1c(C2CCCNC2)nn(Cc2ccc(C(=O)NC)o2)c1=O.Cl. The molecule has 0 radical (unpaired) electrons. The first-order chi connectivity index (χ1) is 11.6. The van der Waals surface area contributed by atoms with Crippen LogP contribution in [0.5, 0.6) is 0 Å². The quantitative estimate of drug-likeness (QED) is 0.818. The van der Waals surface area contributed by atoms with Crippen LogP contribution in [0, 0.1) is 0 Å². The van der Waals surface area contributed by atoms with Crippen molar-refractivity contribution < 1.29 is 9.21 Å². The monoisotopic (exact) mass is 369 g/mol. The minimum absolute atomic E-state index is 0. The Morgan fingerprint density at radius 3 is 2.92 bits per heavy atom. The summed E-state index contributed by atoms with van der Waals surface area (Å²) in [6.07, 6.45) is 2.12. The van der Waals surface area contributed by atoms with Crippen molar-refractivity contribution in [2.24, 2.45) is 0 Å². The normalized spacial score (nSPS) is 17.1. The Morgan fingerprint density at radius 2 is 2.28 bits per heavy atom. The van der Waals surface area contributed by atoms with E-state index in [9.17, 15) is 9.59 Å². The first-order valence-corrected chi connectivity index (χ1v) is 8.33. The summed E-state index contributed by atoms with van der Waals surface area (Å²) in [6, 6.07) is 3.30. The number of rotatable bonds is 5. The first kappa shape index (κ1) is 19.3. The minimum Gasteiger partial charge on any atom is -0.454 e. The van der Waals surface area contributed by atoms with Crippen molar-refractivity contribution in [3.63, 3.8) is 0 Å². The van der Waals surface area contributed by atoms with E-state index in [0.717, 1.165) is 31.8 Å². The predicted molar refractivity (Wildman–Crippen MR) is 95.5 cm³/mol. The molecule has 3 heterocycles. The van der Waals surface area contributed by atoms with Gasteiger partial charge in [0, 0.05) is 26.1 Å². The van der Waals surface area contributed by atoms with Gasteiger partial charge in [-0.1, -0.05) is 0 Å². The minimum atomic E-state index is -0.290. The maximum Gasteiger partial charge on any atom is 0.346 e.